The van der Waals surface area contributed by atoms with Crippen molar-refractivity contribution in [2.75, 3.05) is 0 Å². The van der Waals surface area contributed by atoms with Crippen molar-refractivity contribution < 1.29 is 13.2 Å². The van der Waals surface area contributed by atoms with E-state index in [0.29, 0.717) is 20.6 Å². The van der Waals surface area contributed by atoms with Gasteiger partial charge in [-0.3, -0.25) is 0 Å². The molecule has 1 aliphatic carbocycles. The minimum atomic E-state index is -3.73. The summed E-state index contributed by atoms with van der Waals surface area (Å²) in [5.41, 5.74) is 0. The monoisotopic (exact) mass is 439 g/mol. The molecule has 1 aromatic carbocycles. The van der Waals surface area contributed by atoms with Crippen molar-refractivity contribution >= 4 is 41.9 Å². The maximum atomic E-state index is 11.4. The standard InChI is InChI=1S/C14H19Br2NO3S/c1-8-3-4-10(5-9(8)2)20-14-12(15)6-11(7-13(14)16)21(17,18)19/h6-10H,3-5H2,1-2H3,(H2,17,18,19). The predicted molar refractivity (Wildman–Crippen MR) is 89.8 cm³/mol. The van der Waals surface area contributed by atoms with Crippen LogP contribution in [0.5, 0.6) is 5.75 Å². The Morgan fingerprint density at radius 3 is 2.19 bits per heavy atom. The van der Waals surface area contributed by atoms with E-state index in [-0.39, 0.29) is 11.0 Å². The summed E-state index contributed by atoms with van der Waals surface area (Å²) in [7, 11) is -3.73. The summed E-state index contributed by atoms with van der Waals surface area (Å²) >= 11 is 6.74. The topological polar surface area (TPSA) is 69.4 Å². The van der Waals surface area contributed by atoms with Gasteiger partial charge in [-0.15, -0.1) is 0 Å². The van der Waals surface area contributed by atoms with Gasteiger partial charge < -0.3 is 4.74 Å². The molecule has 0 bridgehead atoms. The average Bonchev–Trinajstić information content (AvgIpc) is 2.36. The minimum absolute atomic E-state index is 0.0548. The van der Waals surface area contributed by atoms with Gasteiger partial charge in [0, 0.05) is 0 Å². The van der Waals surface area contributed by atoms with Gasteiger partial charge in [-0.05, 0) is 75.1 Å². The Balaban J connectivity index is 2.22. The third-order valence-electron chi connectivity index (χ3n) is 4.13. The van der Waals surface area contributed by atoms with E-state index >= 15 is 0 Å². The molecule has 4 nitrogen and oxygen atoms in total. The maximum absolute atomic E-state index is 11.4. The Morgan fingerprint density at radius 1 is 1.14 bits per heavy atom. The molecule has 7 heteroatoms. The molecular formula is C14H19Br2NO3S. The lowest BCUT2D eigenvalue weighted by Gasteiger charge is -2.32. The number of hydrogen-bond donors (Lipinski definition) is 1. The van der Waals surface area contributed by atoms with Crippen molar-refractivity contribution in [3.05, 3.63) is 21.1 Å². The molecule has 21 heavy (non-hydrogen) atoms. The van der Waals surface area contributed by atoms with Crippen LogP contribution in [0.2, 0.25) is 0 Å². The number of nitrogens with two attached hydrogens (primary N) is 1. The first-order valence-electron chi connectivity index (χ1n) is 6.87. The Bertz CT molecular complexity index is 610. The smallest absolute Gasteiger partial charge is 0.238 e. The third kappa shape index (κ3) is 4.21. The van der Waals surface area contributed by atoms with Crippen LogP contribution in [0.3, 0.4) is 0 Å². The van der Waals surface area contributed by atoms with E-state index in [0.717, 1.165) is 25.2 Å². The second-order valence-corrected chi connectivity index (χ2v) is 9.04. The zero-order valence-corrected chi connectivity index (χ0v) is 16.0. The summed E-state index contributed by atoms with van der Waals surface area (Å²) in [5.74, 6) is 1.99. The van der Waals surface area contributed by atoms with Crippen LogP contribution in [0.1, 0.15) is 33.1 Å². The summed E-state index contributed by atoms with van der Waals surface area (Å²) in [6.07, 6.45) is 3.33. The lowest BCUT2D eigenvalue weighted by Crippen LogP contribution is -2.29. The number of hydrogen-bond acceptors (Lipinski definition) is 3. The molecule has 1 fully saturated rings. The van der Waals surface area contributed by atoms with E-state index in [4.69, 9.17) is 9.88 Å². The van der Waals surface area contributed by atoms with Crippen molar-refractivity contribution in [3.8, 4) is 5.75 Å². The molecule has 0 spiro atoms. The van der Waals surface area contributed by atoms with Gasteiger partial charge in [0.25, 0.3) is 0 Å². The molecular weight excluding hydrogens is 422 g/mol. The second kappa shape index (κ2) is 6.56. The highest BCUT2D eigenvalue weighted by atomic mass is 79.9. The summed E-state index contributed by atoms with van der Waals surface area (Å²) < 4.78 is 30.1. The summed E-state index contributed by atoms with van der Waals surface area (Å²) in [4.78, 5) is 0.0548. The first-order valence-corrected chi connectivity index (χ1v) is 10.00. The van der Waals surface area contributed by atoms with Gasteiger partial charge in [0.1, 0.15) is 5.75 Å². The summed E-state index contributed by atoms with van der Waals surface area (Å²) in [6, 6.07) is 2.95. The number of sulfonamides is 1. The van der Waals surface area contributed by atoms with Crippen LogP contribution in [-0.4, -0.2) is 14.5 Å². The first kappa shape index (κ1) is 17.2. The van der Waals surface area contributed by atoms with Gasteiger partial charge >= 0.3 is 0 Å². The molecule has 3 atom stereocenters. The Kier molecular flexibility index (Phi) is 5.39. The van der Waals surface area contributed by atoms with Crippen LogP contribution in [0.4, 0.5) is 0 Å². The van der Waals surface area contributed by atoms with Crippen molar-refractivity contribution in [2.45, 2.75) is 44.1 Å². The van der Waals surface area contributed by atoms with Gasteiger partial charge in [-0.25, -0.2) is 13.6 Å². The first-order chi connectivity index (χ1) is 9.68. The largest absolute Gasteiger partial charge is 0.488 e. The van der Waals surface area contributed by atoms with Gasteiger partial charge in [0.15, 0.2) is 0 Å². The average molecular weight is 441 g/mol. The molecule has 0 saturated heterocycles. The minimum Gasteiger partial charge on any atom is -0.488 e. The molecule has 2 N–H and O–H groups in total. The van der Waals surface area contributed by atoms with E-state index < -0.39 is 10.0 Å². The Morgan fingerprint density at radius 2 is 1.71 bits per heavy atom. The Hall–Kier alpha value is -0.110. The van der Waals surface area contributed by atoms with Crippen LogP contribution < -0.4 is 9.88 Å². The molecule has 1 saturated carbocycles. The molecule has 2 rings (SSSR count). The molecule has 0 aliphatic heterocycles. The molecule has 0 radical (unpaired) electrons. The molecule has 0 heterocycles. The Labute approximate surface area is 142 Å². The highest BCUT2D eigenvalue weighted by Gasteiger charge is 2.27. The number of ether oxygens (including phenoxy) is 1. The number of primary sulfonamides is 1. The molecule has 1 aromatic rings. The number of halogens is 2. The highest BCUT2D eigenvalue weighted by Crippen LogP contribution is 2.39. The van der Waals surface area contributed by atoms with Crippen molar-refractivity contribution in [2.24, 2.45) is 17.0 Å². The molecule has 118 valence electrons. The van der Waals surface area contributed by atoms with Gasteiger partial charge in [0.2, 0.25) is 10.0 Å². The molecule has 3 unspecified atom stereocenters. The SMILES string of the molecule is CC1CCC(Oc2c(Br)cc(S(N)(=O)=O)cc2Br)CC1C. The van der Waals surface area contributed by atoms with Gasteiger partial charge in [0.05, 0.1) is 19.9 Å². The van der Waals surface area contributed by atoms with Crippen LogP contribution in [-0.2, 0) is 10.0 Å². The quantitative estimate of drug-likeness (QED) is 0.770. The van der Waals surface area contributed by atoms with Gasteiger partial charge in [-0.2, -0.15) is 0 Å². The van der Waals surface area contributed by atoms with E-state index in [9.17, 15) is 8.42 Å². The molecule has 1 aliphatic rings. The normalized spacial score (nSPS) is 26.6. The summed E-state index contributed by atoms with van der Waals surface area (Å²) in [5, 5.41) is 5.15. The fraction of sp³-hybridized carbons (Fsp3) is 0.571. The zero-order chi connectivity index (χ0) is 15.8. The van der Waals surface area contributed by atoms with E-state index in [1.54, 1.807) is 0 Å². The number of rotatable bonds is 3. The van der Waals surface area contributed by atoms with Crippen LogP contribution in [0, 0.1) is 11.8 Å². The van der Waals surface area contributed by atoms with Crippen LogP contribution >= 0.6 is 31.9 Å². The predicted octanol–water partition coefficient (Wildman–Crippen LogP) is 4.06. The van der Waals surface area contributed by atoms with Crippen molar-refractivity contribution in [1.29, 1.82) is 0 Å². The fourth-order valence-electron chi connectivity index (χ4n) is 2.59. The highest BCUT2D eigenvalue weighted by molar-refractivity contribution is 9.11. The maximum Gasteiger partial charge on any atom is 0.238 e. The van der Waals surface area contributed by atoms with E-state index in [1.165, 1.54) is 12.1 Å². The second-order valence-electron chi connectivity index (χ2n) is 5.77. The summed E-state index contributed by atoms with van der Waals surface area (Å²) in [6.45, 7) is 4.52. The van der Waals surface area contributed by atoms with Crippen LogP contribution in [0.25, 0.3) is 0 Å². The lowest BCUT2D eigenvalue weighted by atomic mass is 9.80. The van der Waals surface area contributed by atoms with Crippen molar-refractivity contribution in [3.63, 3.8) is 0 Å². The van der Waals surface area contributed by atoms with Gasteiger partial charge in [-0.1, -0.05) is 13.8 Å². The van der Waals surface area contributed by atoms with Crippen LogP contribution in [0.15, 0.2) is 26.0 Å². The lowest BCUT2D eigenvalue weighted by molar-refractivity contribution is 0.0992. The molecule has 0 aromatic heterocycles. The van der Waals surface area contributed by atoms with E-state index in [1.807, 2.05) is 0 Å². The van der Waals surface area contributed by atoms with Crippen molar-refractivity contribution in [1.82, 2.24) is 0 Å². The zero-order valence-electron chi connectivity index (χ0n) is 12.0. The fourth-order valence-corrected chi connectivity index (χ4v) is 4.83. The molecule has 0 amide bonds. The third-order valence-corrected chi connectivity index (χ3v) is 6.21. The van der Waals surface area contributed by atoms with E-state index in [2.05, 4.69) is 45.7 Å². The number of benzene rings is 1.